The number of nitrogens with one attached hydrogen (secondary N) is 1. The van der Waals surface area contributed by atoms with Gasteiger partial charge in [-0.15, -0.1) is 0 Å². The fourth-order valence-electron chi connectivity index (χ4n) is 2.69. The second-order valence-electron chi connectivity index (χ2n) is 6.46. The third kappa shape index (κ3) is 5.91. The minimum Gasteiger partial charge on any atom is -0.494 e. The van der Waals surface area contributed by atoms with Gasteiger partial charge in [-0.1, -0.05) is 0 Å². The Morgan fingerprint density at radius 2 is 1.66 bits per heavy atom. The van der Waals surface area contributed by atoms with Crippen molar-refractivity contribution in [1.82, 2.24) is 5.43 Å². The quantitative estimate of drug-likeness (QED) is 0.247. The lowest BCUT2D eigenvalue weighted by molar-refractivity contribution is 0.0729. The fraction of sp³-hybridized carbons (Fsp3) is 0.125. The Morgan fingerprint density at radius 3 is 2.31 bits per heavy atom. The Hall–Kier alpha value is -4.20. The first-order valence-corrected chi connectivity index (χ1v) is 9.72. The first-order valence-electron chi connectivity index (χ1n) is 9.72. The van der Waals surface area contributed by atoms with Crippen LogP contribution in [-0.2, 0) is 0 Å². The van der Waals surface area contributed by atoms with Crippen LogP contribution >= 0.6 is 0 Å². The number of amides is 1. The first-order chi connectivity index (χ1) is 15.5. The van der Waals surface area contributed by atoms with Crippen LogP contribution in [0, 0.1) is 5.82 Å². The molecule has 0 fully saturated rings. The minimum absolute atomic E-state index is 0.235. The molecule has 3 aromatic rings. The average Bonchev–Trinajstić information content (AvgIpc) is 2.81. The van der Waals surface area contributed by atoms with E-state index in [2.05, 4.69) is 10.5 Å². The molecule has 0 aliphatic heterocycles. The van der Waals surface area contributed by atoms with Gasteiger partial charge in [-0.05, 0) is 79.2 Å². The second-order valence-corrected chi connectivity index (χ2v) is 6.46. The van der Waals surface area contributed by atoms with Crippen molar-refractivity contribution >= 4 is 18.1 Å². The number of ether oxygens (including phenoxy) is 3. The van der Waals surface area contributed by atoms with E-state index in [-0.39, 0.29) is 11.3 Å². The molecule has 164 valence electrons. The summed E-state index contributed by atoms with van der Waals surface area (Å²) in [4.78, 5) is 24.4. The van der Waals surface area contributed by atoms with Crippen molar-refractivity contribution in [3.63, 3.8) is 0 Å². The molecule has 8 heteroatoms. The van der Waals surface area contributed by atoms with Crippen LogP contribution in [0.3, 0.4) is 0 Å². The van der Waals surface area contributed by atoms with Crippen LogP contribution in [0.15, 0.2) is 71.8 Å². The fourth-order valence-corrected chi connectivity index (χ4v) is 2.69. The lowest BCUT2D eigenvalue weighted by atomic mass is 10.2. The van der Waals surface area contributed by atoms with Crippen molar-refractivity contribution in [3.8, 4) is 17.2 Å². The number of esters is 1. The Kier molecular flexibility index (Phi) is 7.53. The third-order valence-electron chi connectivity index (χ3n) is 4.28. The van der Waals surface area contributed by atoms with E-state index in [1.54, 1.807) is 42.5 Å². The summed E-state index contributed by atoms with van der Waals surface area (Å²) >= 11 is 0. The normalized spacial score (nSPS) is 10.6. The number of hydrogen-bond acceptors (Lipinski definition) is 6. The Balaban J connectivity index is 1.64. The molecule has 0 saturated heterocycles. The highest BCUT2D eigenvalue weighted by atomic mass is 19.1. The van der Waals surface area contributed by atoms with Crippen molar-refractivity contribution < 1.29 is 28.2 Å². The summed E-state index contributed by atoms with van der Waals surface area (Å²) in [5.74, 6) is -0.234. The van der Waals surface area contributed by atoms with E-state index in [9.17, 15) is 14.0 Å². The van der Waals surface area contributed by atoms with E-state index in [1.807, 2.05) is 6.92 Å². The van der Waals surface area contributed by atoms with Gasteiger partial charge in [0.15, 0.2) is 11.5 Å². The van der Waals surface area contributed by atoms with Gasteiger partial charge in [0.1, 0.15) is 11.6 Å². The topological polar surface area (TPSA) is 86.2 Å². The van der Waals surface area contributed by atoms with Gasteiger partial charge in [-0.2, -0.15) is 5.10 Å². The number of hydrazone groups is 1. The lowest BCUT2D eigenvalue weighted by Crippen LogP contribution is -2.17. The lowest BCUT2D eigenvalue weighted by Gasteiger charge is -2.10. The van der Waals surface area contributed by atoms with Crippen molar-refractivity contribution in [2.75, 3.05) is 13.7 Å². The summed E-state index contributed by atoms with van der Waals surface area (Å²) in [6.07, 6.45) is 1.40. The highest BCUT2D eigenvalue weighted by molar-refractivity contribution is 5.95. The molecule has 0 unspecified atom stereocenters. The summed E-state index contributed by atoms with van der Waals surface area (Å²) in [5.41, 5.74) is 3.60. The number of benzene rings is 3. The molecule has 0 aliphatic carbocycles. The monoisotopic (exact) mass is 436 g/mol. The Morgan fingerprint density at radius 1 is 0.969 bits per heavy atom. The molecular weight excluding hydrogens is 415 g/mol. The van der Waals surface area contributed by atoms with Gasteiger partial charge in [0, 0.05) is 5.56 Å². The number of nitrogens with zero attached hydrogens (tertiary/aromatic N) is 1. The third-order valence-corrected chi connectivity index (χ3v) is 4.28. The summed E-state index contributed by atoms with van der Waals surface area (Å²) in [6, 6.07) is 16.5. The van der Waals surface area contributed by atoms with E-state index in [0.29, 0.717) is 29.2 Å². The zero-order valence-electron chi connectivity index (χ0n) is 17.5. The number of hydrogen-bond donors (Lipinski definition) is 1. The maximum Gasteiger partial charge on any atom is 0.343 e. The largest absolute Gasteiger partial charge is 0.494 e. The standard InChI is InChI=1S/C24H21FN2O5/c1-3-31-20-11-7-18(8-12-20)24(29)32-21-13-4-16(14-22(21)30-2)15-26-27-23(28)17-5-9-19(25)10-6-17/h4-15H,3H2,1-2H3,(H,27,28)/b26-15-. The summed E-state index contributed by atoms with van der Waals surface area (Å²) < 4.78 is 29.0. The maximum atomic E-state index is 12.9. The Labute approximate surface area is 184 Å². The van der Waals surface area contributed by atoms with Crippen LogP contribution in [0.2, 0.25) is 0 Å². The van der Waals surface area contributed by atoms with E-state index in [0.717, 1.165) is 0 Å². The summed E-state index contributed by atoms with van der Waals surface area (Å²) in [7, 11) is 1.45. The molecule has 7 nitrogen and oxygen atoms in total. The van der Waals surface area contributed by atoms with E-state index >= 15 is 0 Å². The van der Waals surface area contributed by atoms with Crippen LogP contribution in [0.25, 0.3) is 0 Å². The van der Waals surface area contributed by atoms with Gasteiger partial charge in [0.25, 0.3) is 5.91 Å². The minimum atomic E-state index is -0.542. The molecule has 1 N–H and O–H groups in total. The van der Waals surface area contributed by atoms with Gasteiger partial charge in [0.05, 0.1) is 25.5 Å². The van der Waals surface area contributed by atoms with Gasteiger partial charge in [-0.25, -0.2) is 14.6 Å². The molecule has 0 bridgehead atoms. The van der Waals surface area contributed by atoms with Crippen LogP contribution in [0.1, 0.15) is 33.2 Å². The van der Waals surface area contributed by atoms with Crippen molar-refractivity contribution in [2.45, 2.75) is 6.92 Å². The molecule has 32 heavy (non-hydrogen) atoms. The molecule has 0 spiro atoms. The molecule has 3 aromatic carbocycles. The van der Waals surface area contributed by atoms with Crippen LogP contribution in [0.5, 0.6) is 17.2 Å². The predicted molar refractivity (Wildman–Crippen MR) is 117 cm³/mol. The molecule has 0 radical (unpaired) electrons. The van der Waals surface area contributed by atoms with Gasteiger partial charge in [0.2, 0.25) is 0 Å². The molecule has 1 amide bonds. The maximum absolute atomic E-state index is 12.9. The number of halogens is 1. The highest BCUT2D eigenvalue weighted by Gasteiger charge is 2.13. The molecule has 0 heterocycles. The molecular formula is C24H21FN2O5. The molecule has 0 saturated carbocycles. The van der Waals surface area contributed by atoms with Gasteiger partial charge >= 0.3 is 5.97 Å². The van der Waals surface area contributed by atoms with E-state index in [4.69, 9.17) is 14.2 Å². The number of carbonyl (C=O) groups excluding carboxylic acids is 2. The van der Waals surface area contributed by atoms with Gasteiger partial charge in [-0.3, -0.25) is 4.79 Å². The van der Waals surface area contributed by atoms with Crippen LogP contribution < -0.4 is 19.6 Å². The zero-order chi connectivity index (χ0) is 22.9. The molecule has 0 aromatic heterocycles. The number of methoxy groups -OCH3 is 1. The summed E-state index contributed by atoms with van der Waals surface area (Å²) in [6.45, 7) is 2.41. The van der Waals surface area contributed by atoms with Crippen LogP contribution in [-0.4, -0.2) is 31.8 Å². The molecule has 0 aliphatic rings. The zero-order valence-corrected chi connectivity index (χ0v) is 17.5. The molecule has 0 atom stereocenters. The predicted octanol–water partition coefficient (Wildman–Crippen LogP) is 4.22. The second kappa shape index (κ2) is 10.7. The highest BCUT2D eigenvalue weighted by Crippen LogP contribution is 2.28. The first kappa shape index (κ1) is 22.5. The van der Waals surface area contributed by atoms with E-state index < -0.39 is 17.7 Å². The summed E-state index contributed by atoms with van der Waals surface area (Å²) in [5, 5.41) is 3.88. The van der Waals surface area contributed by atoms with Crippen molar-refractivity contribution in [3.05, 3.63) is 89.2 Å². The smallest absolute Gasteiger partial charge is 0.343 e. The SMILES string of the molecule is CCOc1ccc(C(=O)Oc2ccc(/C=N\NC(=O)c3ccc(F)cc3)cc2OC)cc1. The molecule has 3 rings (SSSR count). The van der Waals surface area contributed by atoms with Crippen molar-refractivity contribution in [2.24, 2.45) is 5.10 Å². The Bertz CT molecular complexity index is 1110. The van der Waals surface area contributed by atoms with Gasteiger partial charge < -0.3 is 14.2 Å². The van der Waals surface area contributed by atoms with Crippen molar-refractivity contribution in [1.29, 1.82) is 0 Å². The number of rotatable bonds is 8. The number of carbonyl (C=O) groups is 2. The average molecular weight is 436 g/mol. The van der Waals surface area contributed by atoms with Crippen LogP contribution in [0.4, 0.5) is 4.39 Å². The van der Waals surface area contributed by atoms with E-state index in [1.165, 1.54) is 37.6 Å².